The van der Waals surface area contributed by atoms with Gasteiger partial charge >= 0.3 is 0 Å². The number of hydrogen-bond acceptors (Lipinski definition) is 30. The number of nitrogens with zero attached hydrogens (tertiary/aromatic N) is 16. The number of carbonyl (C=O) groups is 1. The number of anilines is 5. The molecule has 0 amide bonds. The Morgan fingerprint density at radius 1 is 0.642 bits per heavy atom. The van der Waals surface area contributed by atoms with E-state index in [1.54, 1.807) is 6.21 Å². The molecule has 7 aromatic heterocycles. The summed E-state index contributed by atoms with van der Waals surface area (Å²) in [7, 11) is 0. The second kappa shape index (κ2) is 25.0. The van der Waals surface area contributed by atoms with Crippen LogP contribution < -0.4 is 28.1 Å². The number of nitrogens with two attached hydrogens (primary N) is 3. The van der Waals surface area contributed by atoms with Gasteiger partial charge in [-0.25, -0.2) is 30.5 Å². The van der Waals surface area contributed by atoms with Crippen LogP contribution in [0.25, 0.3) is 39.4 Å². The van der Waals surface area contributed by atoms with E-state index >= 15 is 0 Å². The van der Waals surface area contributed by atoms with Gasteiger partial charge in [0.15, 0.2) is 58.9 Å². The normalized spacial score (nSPS) is 27.0. The van der Waals surface area contributed by atoms with Crippen molar-refractivity contribution in [3.63, 3.8) is 0 Å². The van der Waals surface area contributed by atoms with Crippen LogP contribution in [-0.2, 0) is 14.2 Å². The van der Waals surface area contributed by atoms with E-state index in [0.29, 0.717) is 39.7 Å². The van der Waals surface area contributed by atoms with Gasteiger partial charge in [-0.05, 0) is 38.0 Å². The molecule has 4 fully saturated rings. The predicted octanol–water partition coefficient (Wildman–Crippen LogP) is -2.13. The first-order valence-corrected chi connectivity index (χ1v) is 25.9. The Morgan fingerprint density at radius 2 is 1.07 bits per heavy atom. The lowest BCUT2D eigenvalue weighted by molar-refractivity contribution is -0.0511. The lowest BCUT2D eigenvalue weighted by atomic mass is 9.90. The second-order valence-corrected chi connectivity index (χ2v) is 20.0. The van der Waals surface area contributed by atoms with Gasteiger partial charge in [-0.1, -0.05) is 33.1 Å². The lowest BCUT2D eigenvalue weighted by Gasteiger charge is -2.17. The third-order valence-corrected chi connectivity index (χ3v) is 13.8. The third-order valence-electron chi connectivity index (χ3n) is 13.8. The molecular weight excluding hydrogens is 1070 g/mol. The molecule has 6 unspecified atom stereocenters. The molecule has 1 saturated carbocycles. The number of aromatic nitrogens is 14. The molecule has 4 aliphatic rings. The largest absolute Gasteiger partial charge is 0.394 e. The van der Waals surface area contributed by atoms with Gasteiger partial charge in [0.05, 0.1) is 50.6 Å². The molecule has 436 valence electrons. The van der Waals surface area contributed by atoms with Crippen LogP contribution >= 0.6 is 0 Å². The quantitative estimate of drug-likeness (QED) is 0.0296. The first-order valence-electron chi connectivity index (χ1n) is 25.9. The Bertz CT molecular complexity index is 3350. The lowest BCUT2D eigenvalue weighted by Crippen LogP contribution is -2.33. The fraction of sp³-hybridized carbons (Fsp3) is 0.553. The summed E-state index contributed by atoms with van der Waals surface area (Å²) in [6, 6.07) is 0. The van der Waals surface area contributed by atoms with Crippen LogP contribution in [0.1, 0.15) is 88.3 Å². The van der Waals surface area contributed by atoms with Crippen LogP contribution in [0.2, 0.25) is 0 Å². The van der Waals surface area contributed by atoms with Crippen LogP contribution in [0.4, 0.5) is 29.4 Å². The molecule has 3 aliphatic heterocycles. The average Bonchev–Trinajstić information content (AvgIpc) is 4.46. The van der Waals surface area contributed by atoms with Gasteiger partial charge in [0.2, 0.25) is 11.9 Å². The summed E-state index contributed by atoms with van der Waals surface area (Å²) in [5.41, 5.74) is 25.6. The van der Waals surface area contributed by atoms with E-state index in [1.165, 1.54) is 75.9 Å². The molecule has 81 heavy (non-hydrogen) atoms. The van der Waals surface area contributed by atoms with Crippen LogP contribution in [0, 0.1) is 11.8 Å². The van der Waals surface area contributed by atoms with Crippen molar-refractivity contribution in [2.45, 2.75) is 133 Å². The molecule has 1 aliphatic carbocycles. The number of aliphatic hydroxyl groups is 9. The van der Waals surface area contributed by atoms with Gasteiger partial charge in [0, 0.05) is 18.6 Å². The standard InChI is InChI=1S/C17H25N7O4.C15H17N7O5.C15H23N7O4/c18-14-11-15(22-17(21-14)23-20-6-9-4-2-1-3-5-9)24(8-19-11)16-13(27)12(26)10(7-25)28-16;1-6(24)7-2-18-22(3-7)15-19-12(16)9-13(20-15)21(5-17-9)14-11(26)10(25)8(4-23)27-14;1-7(2)3-4-18-21-15-19-12(16)9-13(20-15)22(6-17-9)14-11(25)10(24)8(5-23)26-14/h6,8-10,12-13,16,25-27H,1-5,7H2,(H3,18,21,22,23);2-3,5,8,10-11,14,23,25-26H,4H2,1H3,(H2,16,19,20);4,6-8,10-11,14,23-25H,3,5H2,1-2H3,(H3,16,19,20,21)/b20-6-;;18-4-/t10?,12-,13-,16?;2*8?,10-,11-,14?/m111/s1. The minimum Gasteiger partial charge on any atom is -0.394 e. The summed E-state index contributed by atoms with van der Waals surface area (Å²) < 4.78 is 22.2. The third kappa shape index (κ3) is 12.2. The van der Waals surface area contributed by atoms with Crippen molar-refractivity contribution in [2.24, 2.45) is 22.0 Å². The molecular formula is C47H65N21O13. The molecule has 3 saturated heterocycles. The van der Waals surface area contributed by atoms with Crippen molar-refractivity contribution >= 4 is 81.1 Å². The zero-order valence-electron chi connectivity index (χ0n) is 44.0. The first kappa shape index (κ1) is 58.1. The molecule has 10 heterocycles. The minimum absolute atomic E-state index is 0.0698. The van der Waals surface area contributed by atoms with E-state index in [4.69, 9.17) is 31.4 Å². The number of rotatable bonds is 15. The second-order valence-electron chi connectivity index (χ2n) is 20.0. The van der Waals surface area contributed by atoms with E-state index < -0.39 is 93.4 Å². The van der Waals surface area contributed by atoms with Gasteiger partial charge in [-0.3, -0.25) is 18.5 Å². The molecule has 0 spiro atoms. The topological polar surface area (TPSA) is 502 Å². The van der Waals surface area contributed by atoms with Gasteiger partial charge in [-0.15, -0.1) is 0 Å². The monoisotopic (exact) mass is 1130 g/mol. The van der Waals surface area contributed by atoms with Crippen LogP contribution in [0.5, 0.6) is 0 Å². The Labute approximate surface area is 459 Å². The summed E-state index contributed by atoms with van der Waals surface area (Å²) in [5.74, 6) is 1.60. The number of hydrogen-bond donors (Lipinski definition) is 14. The average molecular weight is 1130 g/mol. The summed E-state index contributed by atoms with van der Waals surface area (Å²) in [4.78, 5) is 49.4. The Kier molecular flexibility index (Phi) is 17.9. The molecule has 0 bridgehead atoms. The van der Waals surface area contributed by atoms with E-state index in [-0.39, 0.29) is 52.2 Å². The zero-order chi connectivity index (χ0) is 57.8. The number of nitrogens with one attached hydrogen (secondary N) is 2. The van der Waals surface area contributed by atoms with E-state index in [0.717, 1.165) is 19.3 Å². The number of nitrogen functional groups attached to an aromatic ring is 3. The number of fused-ring (bicyclic) bond motifs is 3. The molecule has 7 aromatic rings. The first-order chi connectivity index (χ1) is 38.9. The van der Waals surface area contributed by atoms with E-state index in [2.05, 4.69) is 84.9 Å². The summed E-state index contributed by atoms with van der Waals surface area (Å²) >= 11 is 0. The number of aliphatic hydroxyl groups excluding tert-OH is 9. The Hall–Kier alpha value is -7.61. The van der Waals surface area contributed by atoms with E-state index in [1.807, 2.05) is 6.21 Å². The maximum absolute atomic E-state index is 11.5. The van der Waals surface area contributed by atoms with Crippen molar-refractivity contribution in [3.05, 3.63) is 36.9 Å². The number of imidazole rings is 3. The highest BCUT2D eigenvalue weighted by atomic mass is 16.6. The van der Waals surface area contributed by atoms with E-state index in [9.17, 15) is 50.8 Å². The molecule has 34 nitrogen and oxygen atoms in total. The fourth-order valence-electron chi connectivity index (χ4n) is 9.36. The maximum atomic E-state index is 11.5. The zero-order valence-corrected chi connectivity index (χ0v) is 44.0. The number of Topliss-reactive ketones (excluding diaryl/α,β-unsaturated/α-hetero) is 1. The number of carbonyl (C=O) groups excluding carboxylic acids is 1. The smallest absolute Gasteiger partial charge is 0.254 e. The summed E-state index contributed by atoms with van der Waals surface area (Å²) in [5, 5.41) is 101. The molecule has 0 radical (unpaired) electrons. The highest BCUT2D eigenvalue weighted by Gasteiger charge is 2.46. The molecule has 11 rings (SSSR count). The van der Waals surface area contributed by atoms with Gasteiger partial charge in [-0.2, -0.15) is 45.2 Å². The number of hydrazone groups is 2. The van der Waals surface area contributed by atoms with Crippen LogP contribution in [-0.4, -0.2) is 207 Å². The van der Waals surface area contributed by atoms with Crippen molar-refractivity contribution in [1.29, 1.82) is 0 Å². The highest BCUT2D eigenvalue weighted by Crippen LogP contribution is 2.35. The molecule has 17 N–H and O–H groups in total. The SMILES string of the molecule is CC(=O)c1cnn(-c2nc(N)c3ncn(C4OC(CO)[C@@H](O)[C@H]4O)c3n2)c1.CC(C)C/C=N\Nc1nc(N)c2ncn(C3OC(CO)[C@@H](O)[C@H]3O)c2n1.Nc1nc(N/N=C\C2CCCCC2)nc2c1ncn2C1OC(CO)[C@@H](O)[C@H]1O. The Morgan fingerprint density at radius 3 is 1.48 bits per heavy atom. The highest BCUT2D eigenvalue weighted by molar-refractivity contribution is 5.93. The fourth-order valence-corrected chi connectivity index (χ4v) is 9.36. The van der Waals surface area contributed by atoms with Crippen LogP contribution in [0.15, 0.2) is 41.6 Å². The summed E-state index contributed by atoms with van der Waals surface area (Å²) in [6.07, 6.45) is 4.21. The van der Waals surface area contributed by atoms with Gasteiger partial charge in [0.1, 0.15) is 71.5 Å². The predicted molar refractivity (Wildman–Crippen MR) is 286 cm³/mol. The van der Waals surface area contributed by atoms with Crippen molar-refractivity contribution in [3.8, 4) is 5.95 Å². The molecule has 12 atom stereocenters. The van der Waals surface area contributed by atoms with Crippen LogP contribution in [0.3, 0.4) is 0 Å². The van der Waals surface area contributed by atoms with Crippen molar-refractivity contribution < 1.29 is 65.0 Å². The van der Waals surface area contributed by atoms with Gasteiger partial charge < -0.3 is 77.4 Å². The van der Waals surface area contributed by atoms with Gasteiger partial charge in [0.25, 0.3) is 5.95 Å². The molecule has 0 aromatic carbocycles. The minimum atomic E-state index is -1.30. The van der Waals surface area contributed by atoms with Crippen molar-refractivity contribution in [2.75, 3.05) is 47.9 Å². The van der Waals surface area contributed by atoms with Crippen molar-refractivity contribution in [1.82, 2.24) is 68.3 Å². The summed E-state index contributed by atoms with van der Waals surface area (Å²) in [6.45, 7) is 4.27. The Balaban J connectivity index is 0.000000147. The molecule has 34 heteroatoms. The number of ketones is 1. The number of ether oxygens (including phenoxy) is 3. The maximum Gasteiger partial charge on any atom is 0.254 e.